The Morgan fingerprint density at radius 3 is 1.47 bits per heavy atom. The first-order valence-corrected chi connectivity index (χ1v) is 3.26. The Hall–Kier alpha value is -0.280. The van der Waals surface area contributed by atoms with Gasteiger partial charge in [-0.25, -0.2) is 0 Å². The summed E-state index contributed by atoms with van der Waals surface area (Å²) in [5, 5.41) is 0. The van der Waals surface area contributed by atoms with Crippen molar-refractivity contribution in [3.05, 3.63) is 0 Å². The maximum absolute atomic E-state index is 12.4. The second-order valence-electron chi connectivity index (χ2n) is 2.54. The predicted octanol–water partition coefficient (Wildman–Crippen LogP) is 1.53. The lowest BCUT2D eigenvalue weighted by Crippen LogP contribution is -2.62. The summed E-state index contributed by atoms with van der Waals surface area (Å²) < 4.78 is 83.6. The van der Waals surface area contributed by atoms with Gasteiger partial charge < -0.3 is 11.5 Å². The van der Waals surface area contributed by atoms with Gasteiger partial charge in [-0.1, -0.05) is 0 Å². The molecule has 10 heteroatoms. The van der Waals surface area contributed by atoms with Crippen LogP contribution < -0.4 is 11.5 Å². The Morgan fingerprint density at radius 1 is 0.933 bits per heavy atom. The van der Waals surface area contributed by atoms with Gasteiger partial charge in [0.15, 0.2) is 0 Å². The first-order valence-electron chi connectivity index (χ1n) is 3.26. The van der Waals surface area contributed by atoms with E-state index in [9.17, 15) is 30.7 Å². The normalized spacial score (nSPS) is 15.8. The van der Waals surface area contributed by atoms with E-state index in [-0.39, 0.29) is 12.4 Å². The van der Waals surface area contributed by atoms with Gasteiger partial charge in [-0.3, -0.25) is 0 Å². The van der Waals surface area contributed by atoms with Gasteiger partial charge in [0.2, 0.25) is 0 Å². The van der Waals surface area contributed by atoms with E-state index >= 15 is 0 Å². The van der Waals surface area contributed by atoms with Gasteiger partial charge in [-0.15, -0.1) is 12.4 Å². The van der Waals surface area contributed by atoms with Crippen molar-refractivity contribution in [2.45, 2.75) is 24.1 Å². The molecule has 0 aliphatic heterocycles. The van der Waals surface area contributed by atoms with Crippen molar-refractivity contribution in [1.82, 2.24) is 0 Å². The maximum atomic E-state index is 12.4. The minimum absolute atomic E-state index is 0. The standard InChI is InChI=1S/C5H7F7N2.ClH/c6-3(7,2(14)1-13)4(8,9)5(10,11)12;/h2H,1,13-14H2;1H/t2-;/m0./s1. The highest BCUT2D eigenvalue weighted by Crippen LogP contribution is 2.47. The van der Waals surface area contributed by atoms with Crippen molar-refractivity contribution in [3.8, 4) is 0 Å². The molecular formula is C5H8ClF7N2. The summed E-state index contributed by atoms with van der Waals surface area (Å²) in [5.41, 5.74) is 8.87. The van der Waals surface area contributed by atoms with E-state index in [1.54, 1.807) is 0 Å². The largest absolute Gasteiger partial charge is 0.459 e. The van der Waals surface area contributed by atoms with Gasteiger partial charge in [-0.2, -0.15) is 30.7 Å². The fourth-order valence-electron chi connectivity index (χ4n) is 0.570. The van der Waals surface area contributed by atoms with E-state index < -0.39 is 30.6 Å². The molecule has 1 atom stereocenters. The molecule has 0 amide bonds. The molecule has 0 saturated heterocycles. The van der Waals surface area contributed by atoms with Crippen LogP contribution in [0.3, 0.4) is 0 Å². The van der Waals surface area contributed by atoms with Gasteiger partial charge in [0.25, 0.3) is 0 Å². The van der Waals surface area contributed by atoms with E-state index in [2.05, 4.69) is 11.5 Å². The lowest BCUT2D eigenvalue weighted by atomic mass is 10.0. The Kier molecular flexibility index (Phi) is 5.37. The highest BCUT2D eigenvalue weighted by molar-refractivity contribution is 5.85. The van der Waals surface area contributed by atoms with E-state index in [0.29, 0.717) is 0 Å². The van der Waals surface area contributed by atoms with Crippen LogP contribution in [0.2, 0.25) is 0 Å². The smallest absolute Gasteiger partial charge is 0.329 e. The molecule has 0 aromatic carbocycles. The van der Waals surface area contributed by atoms with Crippen molar-refractivity contribution in [1.29, 1.82) is 0 Å². The first-order chi connectivity index (χ1) is 5.98. The van der Waals surface area contributed by atoms with Crippen LogP contribution in [0.4, 0.5) is 30.7 Å². The average molecular weight is 265 g/mol. The van der Waals surface area contributed by atoms with Crippen LogP contribution in [-0.4, -0.2) is 30.6 Å². The molecule has 0 radical (unpaired) electrons. The van der Waals surface area contributed by atoms with Crippen LogP contribution in [0.15, 0.2) is 0 Å². The summed E-state index contributed by atoms with van der Waals surface area (Å²) in [6, 6.07) is -2.75. The molecule has 0 heterocycles. The quantitative estimate of drug-likeness (QED) is 0.760. The average Bonchev–Trinajstić information content (AvgIpc) is 2.00. The molecule has 94 valence electrons. The fourth-order valence-corrected chi connectivity index (χ4v) is 0.570. The molecule has 0 aromatic heterocycles. The van der Waals surface area contributed by atoms with Gasteiger partial charge >= 0.3 is 18.0 Å². The number of rotatable bonds is 3. The Balaban J connectivity index is 0. The van der Waals surface area contributed by atoms with Crippen LogP contribution in [-0.2, 0) is 0 Å². The van der Waals surface area contributed by atoms with Crippen LogP contribution in [0.25, 0.3) is 0 Å². The van der Waals surface area contributed by atoms with Crippen molar-refractivity contribution in [2.24, 2.45) is 11.5 Å². The molecule has 0 bridgehead atoms. The highest BCUT2D eigenvalue weighted by Gasteiger charge is 2.74. The maximum Gasteiger partial charge on any atom is 0.459 e. The lowest BCUT2D eigenvalue weighted by molar-refractivity contribution is -0.357. The third-order valence-electron chi connectivity index (χ3n) is 1.49. The van der Waals surface area contributed by atoms with E-state index in [1.165, 1.54) is 0 Å². The first kappa shape index (κ1) is 17.1. The number of nitrogens with two attached hydrogens (primary N) is 2. The molecule has 0 unspecified atom stereocenters. The molecule has 0 saturated carbocycles. The molecule has 0 spiro atoms. The SMILES string of the molecule is Cl.NC[C@H](N)C(F)(F)C(F)(F)C(F)(F)F. The van der Waals surface area contributed by atoms with Crippen LogP contribution in [0.5, 0.6) is 0 Å². The second kappa shape index (κ2) is 4.71. The number of halogens is 8. The monoisotopic (exact) mass is 264 g/mol. The van der Waals surface area contributed by atoms with Crippen molar-refractivity contribution >= 4 is 12.4 Å². The van der Waals surface area contributed by atoms with Gasteiger partial charge in [0.1, 0.15) is 0 Å². The summed E-state index contributed by atoms with van der Waals surface area (Å²) in [7, 11) is 0. The highest BCUT2D eigenvalue weighted by atomic mass is 35.5. The van der Waals surface area contributed by atoms with Gasteiger partial charge in [0, 0.05) is 6.54 Å². The second-order valence-corrected chi connectivity index (χ2v) is 2.54. The third kappa shape index (κ3) is 2.85. The molecule has 0 rings (SSSR count). The summed E-state index contributed by atoms with van der Waals surface area (Å²) in [6.45, 7) is -1.18. The van der Waals surface area contributed by atoms with Gasteiger partial charge in [-0.05, 0) is 0 Å². The molecule has 0 aromatic rings. The molecule has 4 N–H and O–H groups in total. The summed E-state index contributed by atoms with van der Waals surface area (Å²) in [6.07, 6.45) is -6.36. The summed E-state index contributed by atoms with van der Waals surface area (Å²) in [5.74, 6) is -11.6. The zero-order valence-corrected chi connectivity index (χ0v) is 7.81. The van der Waals surface area contributed by atoms with Crippen LogP contribution in [0.1, 0.15) is 0 Å². The molecule has 0 aliphatic carbocycles. The number of alkyl halides is 7. The third-order valence-corrected chi connectivity index (χ3v) is 1.49. The Morgan fingerprint density at radius 2 is 1.27 bits per heavy atom. The van der Waals surface area contributed by atoms with Crippen molar-refractivity contribution < 1.29 is 30.7 Å². The molecule has 15 heavy (non-hydrogen) atoms. The zero-order chi connectivity index (χ0) is 11.8. The topological polar surface area (TPSA) is 52.0 Å². The van der Waals surface area contributed by atoms with Crippen molar-refractivity contribution in [3.63, 3.8) is 0 Å². The molecule has 0 aliphatic rings. The lowest BCUT2D eigenvalue weighted by Gasteiger charge is -2.31. The fraction of sp³-hybridized carbons (Fsp3) is 1.00. The predicted molar refractivity (Wildman–Crippen MR) is 40.2 cm³/mol. The summed E-state index contributed by atoms with van der Waals surface area (Å²) in [4.78, 5) is 0. The number of hydrogen-bond acceptors (Lipinski definition) is 2. The molecule has 0 fully saturated rings. The Labute approximate surface area is 86.2 Å². The summed E-state index contributed by atoms with van der Waals surface area (Å²) >= 11 is 0. The van der Waals surface area contributed by atoms with E-state index in [0.717, 1.165) is 0 Å². The van der Waals surface area contributed by atoms with E-state index in [4.69, 9.17) is 0 Å². The van der Waals surface area contributed by atoms with Gasteiger partial charge in [0.05, 0.1) is 6.04 Å². The molecule has 2 nitrogen and oxygen atoms in total. The zero-order valence-electron chi connectivity index (χ0n) is 6.99. The van der Waals surface area contributed by atoms with Crippen molar-refractivity contribution in [2.75, 3.05) is 6.54 Å². The van der Waals surface area contributed by atoms with Crippen LogP contribution in [0, 0.1) is 0 Å². The minimum Gasteiger partial charge on any atom is -0.329 e. The minimum atomic E-state index is -6.36. The molecular weight excluding hydrogens is 257 g/mol. The van der Waals surface area contributed by atoms with Crippen LogP contribution >= 0.6 is 12.4 Å². The Bertz CT molecular complexity index is 204. The van der Waals surface area contributed by atoms with E-state index in [1.807, 2.05) is 0 Å². The number of hydrogen-bond donors (Lipinski definition) is 2.